The molecule has 2 aliphatic heterocycles. The van der Waals surface area contributed by atoms with Gasteiger partial charge < -0.3 is 9.88 Å². The Hall–Kier alpha value is -1.58. The average molecular weight is 281 g/mol. The van der Waals surface area contributed by atoms with E-state index in [0.29, 0.717) is 5.41 Å². The maximum atomic E-state index is 3.53. The van der Waals surface area contributed by atoms with E-state index in [0.717, 1.165) is 6.54 Å². The molecule has 0 aliphatic carbocycles. The standard InChI is InChI=1S/C18H23N3/c1-2-11-21(10-1)17-5-3-16(4-6-17)13-20-12-8-18(15-20)7-9-19-14-18/h1-6,10-11,19H,7-9,12-15H2. The number of aromatic nitrogens is 1. The van der Waals surface area contributed by atoms with Crippen molar-refractivity contribution in [2.75, 3.05) is 26.2 Å². The summed E-state index contributed by atoms with van der Waals surface area (Å²) in [4.78, 5) is 2.62. The fourth-order valence-electron chi connectivity index (χ4n) is 3.84. The van der Waals surface area contributed by atoms with Gasteiger partial charge >= 0.3 is 0 Å². The highest BCUT2D eigenvalue weighted by Gasteiger charge is 2.39. The molecule has 4 rings (SSSR count). The number of rotatable bonds is 3. The van der Waals surface area contributed by atoms with Crippen LogP contribution in [-0.4, -0.2) is 35.6 Å². The van der Waals surface area contributed by atoms with Gasteiger partial charge in [-0.25, -0.2) is 0 Å². The minimum atomic E-state index is 0.574. The van der Waals surface area contributed by atoms with Crippen molar-refractivity contribution < 1.29 is 0 Å². The highest BCUT2D eigenvalue weighted by Crippen LogP contribution is 2.36. The van der Waals surface area contributed by atoms with Gasteiger partial charge in [-0.15, -0.1) is 0 Å². The lowest BCUT2D eigenvalue weighted by molar-refractivity contribution is 0.268. The molecule has 0 bridgehead atoms. The van der Waals surface area contributed by atoms with Gasteiger partial charge in [-0.3, -0.25) is 4.90 Å². The summed E-state index contributed by atoms with van der Waals surface area (Å²) in [7, 11) is 0. The molecular weight excluding hydrogens is 258 g/mol. The van der Waals surface area contributed by atoms with Crippen LogP contribution in [0, 0.1) is 5.41 Å². The van der Waals surface area contributed by atoms with Crippen LogP contribution in [0.1, 0.15) is 18.4 Å². The molecule has 2 aliphatic rings. The third kappa shape index (κ3) is 2.63. The number of nitrogens with zero attached hydrogens (tertiary/aromatic N) is 2. The van der Waals surface area contributed by atoms with Gasteiger partial charge in [0, 0.05) is 37.7 Å². The van der Waals surface area contributed by atoms with Crippen molar-refractivity contribution in [3.63, 3.8) is 0 Å². The Morgan fingerprint density at radius 2 is 1.86 bits per heavy atom. The summed E-state index contributed by atoms with van der Waals surface area (Å²) in [5, 5.41) is 3.53. The summed E-state index contributed by atoms with van der Waals surface area (Å²) in [5.41, 5.74) is 3.24. The number of hydrogen-bond acceptors (Lipinski definition) is 2. The molecule has 21 heavy (non-hydrogen) atoms. The molecule has 1 N–H and O–H groups in total. The lowest BCUT2D eigenvalue weighted by atomic mass is 9.86. The van der Waals surface area contributed by atoms with Crippen molar-refractivity contribution in [3.05, 3.63) is 54.4 Å². The smallest absolute Gasteiger partial charge is 0.0449 e. The molecule has 2 fully saturated rings. The van der Waals surface area contributed by atoms with Gasteiger partial charge in [-0.1, -0.05) is 12.1 Å². The van der Waals surface area contributed by atoms with E-state index in [1.54, 1.807) is 0 Å². The lowest BCUT2D eigenvalue weighted by Crippen LogP contribution is -2.28. The Morgan fingerprint density at radius 3 is 2.57 bits per heavy atom. The quantitative estimate of drug-likeness (QED) is 0.933. The fourth-order valence-corrected chi connectivity index (χ4v) is 3.84. The largest absolute Gasteiger partial charge is 0.324 e. The molecule has 0 radical (unpaired) electrons. The van der Waals surface area contributed by atoms with Crippen LogP contribution in [0.25, 0.3) is 5.69 Å². The van der Waals surface area contributed by atoms with E-state index in [2.05, 4.69) is 63.6 Å². The van der Waals surface area contributed by atoms with Crippen molar-refractivity contribution in [3.8, 4) is 5.69 Å². The fraction of sp³-hybridized carbons (Fsp3) is 0.444. The number of hydrogen-bond donors (Lipinski definition) is 1. The first-order valence-electron chi connectivity index (χ1n) is 7.98. The zero-order valence-corrected chi connectivity index (χ0v) is 12.5. The zero-order valence-electron chi connectivity index (χ0n) is 12.5. The Labute approximate surface area is 126 Å². The summed E-state index contributed by atoms with van der Waals surface area (Å²) in [6, 6.07) is 13.1. The molecular formula is C18H23N3. The molecule has 1 atom stereocenters. The Bertz CT molecular complexity index is 579. The van der Waals surface area contributed by atoms with E-state index >= 15 is 0 Å². The van der Waals surface area contributed by atoms with Crippen LogP contribution < -0.4 is 5.32 Å². The lowest BCUT2D eigenvalue weighted by Gasteiger charge is -2.22. The molecule has 3 heterocycles. The molecule has 1 unspecified atom stereocenters. The Balaban J connectivity index is 1.41. The van der Waals surface area contributed by atoms with E-state index in [1.807, 2.05) is 0 Å². The van der Waals surface area contributed by atoms with Gasteiger partial charge in [0.2, 0.25) is 0 Å². The maximum Gasteiger partial charge on any atom is 0.0449 e. The molecule has 1 aromatic heterocycles. The topological polar surface area (TPSA) is 20.2 Å². The first-order valence-corrected chi connectivity index (χ1v) is 7.98. The molecule has 110 valence electrons. The van der Waals surface area contributed by atoms with E-state index < -0.39 is 0 Å². The van der Waals surface area contributed by atoms with Crippen LogP contribution in [-0.2, 0) is 6.54 Å². The van der Waals surface area contributed by atoms with Crippen molar-refractivity contribution in [2.45, 2.75) is 19.4 Å². The SMILES string of the molecule is c1ccn(-c2ccc(CN3CCC4(CCNC4)C3)cc2)c1. The van der Waals surface area contributed by atoms with Crippen molar-refractivity contribution in [2.24, 2.45) is 5.41 Å². The van der Waals surface area contributed by atoms with Crippen LogP contribution in [0.15, 0.2) is 48.8 Å². The summed E-state index contributed by atoms with van der Waals surface area (Å²) in [5.74, 6) is 0. The highest BCUT2D eigenvalue weighted by molar-refractivity contribution is 5.35. The molecule has 2 aromatic rings. The van der Waals surface area contributed by atoms with Crippen LogP contribution in [0.2, 0.25) is 0 Å². The van der Waals surface area contributed by atoms with Gasteiger partial charge in [-0.2, -0.15) is 0 Å². The normalized spacial score (nSPS) is 25.9. The molecule has 3 nitrogen and oxygen atoms in total. The number of likely N-dealkylation sites (tertiary alicyclic amines) is 1. The second kappa shape index (κ2) is 5.32. The zero-order chi connectivity index (χ0) is 14.1. The third-order valence-corrected chi connectivity index (χ3v) is 5.09. The molecule has 1 aromatic carbocycles. The van der Waals surface area contributed by atoms with Crippen LogP contribution >= 0.6 is 0 Å². The summed E-state index contributed by atoms with van der Waals surface area (Å²) < 4.78 is 2.15. The minimum absolute atomic E-state index is 0.574. The summed E-state index contributed by atoms with van der Waals surface area (Å²) in [6.45, 7) is 6.03. The molecule has 3 heteroatoms. The van der Waals surface area contributed by atoms with Crippen molar-refractivity contribution in [1.82, 2.24) is 14.8 Å². The second-order valence-electron chi connectivity index (χ2n) is 6.64. The van der Waals surface area contributed by atoms with Crippen LogP contribution in [0.3, 0.4) is 0 Å². The minimum Gasteiger partial charge on any atom is -0.324 e. The number of benzene rings is 1. The predicted octanol–water partition coefficient (Wildman–Crippen LogP) is 2.66. The van der Waals surface area contributed by atoms with E-state index in [4.69, 9.17) is 0 Å². The van der Waals surface area contributed by atoms with E-state index in [1.165, 1.54) is 50.3 Å². The van der Waals surface area contributed by atoms with E-state index in [-0.39, 0.29) is 0 Å². The average Bonchev–Trinajstić information content (AvgIpc) is 3.25. The molecule has 0 amide bonds. The first kappa shape index (κ1) is 13.1. The van der Waals surface area contributed by atoms with Crippen LogP contribution in [0.5, 0.6) is 0 Å². The maximum absolute atomic E-state index is 3.53. The monoisotopic (exact) mass is 281 g/mol. The predicted molar refractivity (Wildman–Crippen MR) is 85.6 cm³/mol. The van der Waals surface area contributed by atoms with Crippen molar-refractivity contribution in [1.29, 1.82) is 0 Å². The number of nitrogens with one attached hydrogen (secondary N) is 1. The molecule has 0 saturated carbocycles. The second-order valence-corrected chi connectivity index (χ2v) is 6.64. The summed E-state index contributed by atoms with van der Waals surface area (Å²) in [6.07, 6.45) is 6.90. The third-order valence-electron chi connectivity index (χ3n) is 5.09. The van der Waals surface area contributed by atoms with Gasteiger partial charge in [0.05, 0.1) is 0 Å². The first-order chi connectivity index (χ1) is 10.3. The highest BCUT2D eigenvalue weighted by atomic mass is 15.2. The molecule has 2 saturated heterocycles. The summed E-state index contributed by atoms with van der Waals surface area (Å²) >= 11 is 0. The van der Waals surface area contributed by atoms with Gasteiger partial charge in [0.15, 0.2) is 0 Å². The van der Waals surface area contributed by atoms with Crippen LogP contribution in [0.4, 0.5) is 0 Å². The van der Waals surface area contributed by atoms with Gasteiger partial charge in [-0.05, 0) is 61.2 Å². The van der Waals surface area contributed by atoms with E-state index in [9.17, 15) is 0 Å². The van der Waals surface area contributed by atoms with Crippen molar-refractivity contribution >= 4 is 0 Å². The molecule has 1 spiro atoms. The Morgan fingerprint density at radius 1 is 1.05 bits per heavy atom. The van der Waals surface area contributed by atoms with Gasteiger partial charge in [0.25, 0.3) is 0 Å². The Kier molecular flexibility index (Phi) is 3.32. The van der Waals surface area contributed by atoms with Gasteiger partial charge in [0.1, 0.15) is 0 Å².